The summed E-state index contributed by atoms with van der Waals surface area (Å²) in [6, 6.07) is 1.75. The monoisotopic (exact) mass is 452 g/mol. The molecular formula is C20H24N2O10. The fraction of sp³-hybridized carbons (Fsp3) is 0.500. The molecule has 0 aromatic carbocycles. The van der Waals surface area contributed by atoms with E-state index in [0.717, 1.165) is 27.7 Å². The molecule has 32 heavy (non-hydrogen) atoms. The van der Waals surface area contributed by atoms with Gasteiger partial charge in [0.05, 0.1) is 5.56 Å². The summed E-state index contributed by atoms with van der Waals surface area (Å²) >= 11 is 0. The van der Waals surface area contributed by atoms with E-state index in [1.807, 2.05) is 0 Å². The molecule has 0 unspecified atom stereocenters. The molecule has 5 atom stereocenters. The van der Waals surface area contributed by atoms with Gasteiger partial charge in [-0.1, -0.05) is 0 Å². The number of amides is 1. The quantitative estimate of drug-likeness (QED) is 0.435. The van der Waals surface area contributed by atoms with E-state index in [9.17, 15) is 24.0 Å². The molecule has 0 spiro atoms. The number of esters is 4. The standard InChI is InChI=1S/C20H24N2O10/c1-10(23)28-9-15-17(29-11(2)24)18(30-12(3)25)16(20(32-15)31-13(4)26)22-19(27)14-6-5-7-21-8-14/h5-8,15-18,20H,9H2,1-4H3,(H,22,27)/t15-,16+,17-,18-,20-/m0/s1. The van der Waals surface area contributed by atoms with Crippen LogP contribution in [0.1, 0.15) is 38.1 Å². The minimum absolute atomic E-state index is 0.168. The van der Waals surface area contributed by atoms with Crippen molar-refractivity contribution in [2.24, 2.45) is 0 Å². The largest absolute Gasteiger partial charge is 0.463 e. The normalized spacial score (nSPS) is 24.6. The molecule has 0 bridgehead atoms. The number of aromatic nitrogens is 1. The van der Waals surface area contributed by atoms with Gasteiger partial charge in [0.1, 0.15) is 18.8 Å². The van der Waals surface area contributed by atoms with Crippen molar-refractivity contribution in [1.82, 2.24) is 10.3 Å². The second-order valence-electron chi connectivity index (χ2n) is 6.84. The van der Waals surface area contributed by atoms with Crippen LogP contribution in [0.2, 0.25) is 0 Å². The number of carbonyl (C=O) groups is 5. The van der Waals surface area contributed by atoms with Crippen molar-refractivity contribution in [2.45, 2.75) is 58.3 Å². The molecule has 1 aliphatic rings. The Morgan fingerprint density at radius 3 is 2.09 bits per heavy atom. The topological polar surface area (TPSA) is 156 Å². The Bertz CT molecular complexity index is 859. The Balaban J connectivity index is 2.44. The highest BCUT2D eigenvalue weighted by atomic mass is 16.7. The smallest absolute Gasteiger partial charge is 0.305 e. The van der Waals surface area contributed by atoms with Crippen LogP contribution in [-0.4, -0.2) is 72.0 Å². The summed E-state index contributed by atoms with van der Waals surface area (Å²) in [7, 11) is 0. The molecule has 174 valence electrons. The Hall–Kier alpha value is -3.54. The zero-order valence-electron chi connectivity index (χ0n) is 17.9. The van der Waals surface area contributed by atoms with Gasteiger partial charge >= 0.3 is 23.9 Å². The number of rotatable bonds is 7. The van der Waals surface area contributed by atoms with Crippen molar-refractivity contribution in [3.63, 3.8) is 0 Å². The molecule has 1 amide bonds. The molecule has 1 aromatic rings. The van der Waals surface area contributed by atoms with Crippen LogP contribution in [0.15, 0.2) is 24.5 Å². The van der Waals surface area contributed by atoms with Gasteiger partial charge in [0, 0.05) is 40.1 Å². The molecular weight excluding hydrogens is 428 g/mol. The van der Waals surface area contributed by atoms with Gasteiger partial charge in [0.25, 0.3) is 5.91 Å². The van der Waals surface area contributed by atoms with Crippen LogP contribution in [0.5, 0.6) is 0 Å². The van der Waals surface area contributed by atoms with Crippen LogP contribution in [0.25, 0.3) is 0 Å². The highest BCUT2D eigenvalue weighted by Crippen LogP contribution is 2.28. The maximum Gasteiger partial charge on any atom is 0.305 e. The van der Waals surface area contributed by atoms with Crippen molar-refractivity contribution < 1.29 is 47.7 Å². The van der Waals surface area contributed by atoms with E-state index in [1.54, 1.807) is 0 Å². The highest BCUT2D eigenvalue weighted by Gasteiger charge is 2.52. The molecule has 0 saturated carbocycles. The Kier molecular flexibility index (Phi) is 8.64. The summed E-state index contributed by atoms with van der Waals surface area (Å²) in [6.07, 6.45) is -2.47. The van der Waals surface area contributed by atoms with Gasteiger partial charge in [-0.3, -0.25) is 29.0 Å². The number of nitrogens with zero attached hydrogens (tertiary/aromatic N) is 1. The third kappa shape index (κ3) is 7.01. The predicted molar refractivity (Wildman–Crippen MR) is 104 cm³/mol. The van der Waals surface area contributed by atoms with Gasteiger partial charge in [-0.15, -0.1) is 0 Å². The van der Waals surface area contributed by atoms with E-state index in [2.05, 4.69) is 10.3 Å². The number of nitrogens with one attached hydrogen (secondary N) is 1. The molecule has 1 aromatic heterocycles. The van der Waals surface area contributed by atoms with Crippen LogP contribution in [0.3, 0.4) is 0 Å². The lowest BCUT2D eigenvalue weighted by molar-refractivity contribution is -0.270. The van der Waals surface area contributed by atoms with Crippen LogP contribution in [-0.2, 0) is 42.9 Å². The second-order valence-corrected chi connectivity index (χ2v) is 6.84. The number of hydrogen-bond acceptors (Lipinski definition) is 11. The number of pyridine rings is 1. The summed E-state index contributed by atoms with van der Waals surface area (Å²) in [5.41, 5.74) is 0.168. The summed E-state index contributed by atoms with van der Waals surface area (Å²) in [5, 5.41) is 2.58. The first kappa shape index (κ1) is 24.7. The molecule has 2 rings (SSSR count). The average molecular weight is 452 g/mol. The van der Waals surface area contributed by atoms with Crippen LogP contribution in [0, 0.1) is 0 Å². The van der Waals surface area contributed by atoms with E-state index in [1.165, 1.54) is 24.5 Å². The third-order valence-electron chi connectivity index (χ3n) is 4.20. The lowest BCUT2D eigenvalue weighted by Gasteiger charge is -2.44. The van der Waals surface area contributed by atoms with Gasteiger partial charge in [-0.2, -0.15) is 0 Å². The first-order valence-electron chi connectivity index (χ1n) is 9.59. The van der Waals surface area contributed by atoms with Crippen molar-refractivity contribution in [3.8, 4) is 0 Å². The maximum atomic E-state index is 12.7. The fourth-order valence-electron chi connectivity index (χ4n) is 3.05. The molecule has 0 radical (unpaired) electrons. The van der Waals surface area contributed by atoms with Crippen LogP contribution < -0.4 is 5.32 Å². The summed E-state index contributed by atoms with van der Waals surface area (Å²) < 4.78 is 26.5. The van der Waals surface area contributed by atoms with Crippen molar-refractivity contribution in [1.29, 1.82) is 0 Å². The zero-order chi connectivity index (χ0) is 23.8. The van der Waals surface area contributed by atoms with Crippen molar-refractivity contribution in [2.75, 3.05) is 6.61 Å². The Morgan fingerprint density at radius 2 is 1.56 bits per heavy atom. The van der Waals surface area contributed by atoms with Gasteiger partial charge in [-0.05, 0) is 12.1 Å². The van der Waals surface area contributed by atoms with Crippen LogP contribution >= 0.6 is 0 Å². The third-order valence-corrected chi connectivity index (χ3v) is 4.20. The molecule has 0 aliphatic carbocycles. The predicted octanol–water partition coefficient (Wildman–Crippen LogP) is -0.105. The van der Waals surface area contributed by atoms with E-state index in [4.69, 9.17) is 23.7 Å². The summed E-state index contributed by atoms with van der Waals surface area (Å²) in [4.78, 5) is 63.1. The van der Waals surface area contributed by atoms with Crippen LogP contribution in [0.4, 0.5) is 0 Å². The van der Waals surface area contributed by atoms with Crippen molar-refractivity contribution in [3.05, 3.63) is 30.1 Å². The molecule has 2 heterocycles. The highest BCUT2D eigenvalue weighted by molar-refractivity contribution is 5.94. The van der Waals surface area contributed by atoms with Crippen molar-refractivity contribution >= 4 is 29.8 Å². The first-order chi connectivity index (χ1) is 15.1. The molecule has 1 aliphatic heterocycles. The van der Waals surface area contributed by atoms with E-state index in [0.29, 0.717) is 0 Å². The summed E-state index contributed by atoms with van der Waals surface area (Å²) in [5.74, 6) is -3.54. The van der Waals surface area contributed by atoms with Gasteiger partial charge in [-0.25, -0.2) is 0 Å². The second kappa shape index (κ2) is 11.2. The van der Waals surface area contributed by atoms with E-state index in [-0.39, 0.29) is 5.56 Å². The number of hydrogen-bond donors (Lipinski definition) is 1. The van der Waals surface area contributed by atoms with Gasteiger partial charge in [0.2, 0.25) is 6.29 Å². The Labute approximate surface area is 183 Å². The SMILES string of the molecule is CC(=O)OC[C@@H]1O[C@H](OC(C)=O)[C@H](NC(=O)c2cccnc2)[C@H](OC(C)=O)[C@H]1OC(C)=O. The fourth-order valence-corrected chi connectivity index (χ4v) is 3.05. The Morgan fingerprint density at radius 1 is 0.938 bits per heavy atom. The lowest BCUT2D eigenvalue weighted by atomic mass is 9.95. The van der Waals surface area contributed by atoms with Gasteiger partial charge < -0.3 is 29.0 Å². The molecule has 1 saturated heterocycles. The zero-order valence-corrected chi connectivity index (χ0v) is 17.9. The molecule has 1 fully saturated rings. The number of carbonyl (C=O) groups excluding carboxylic acids is 5. The summed E-state index contributed by atoms with van der Waals surface area (Å²) in [6.45, 7) is 4.11. The van der Waals surface area contributed by atoms with E-state index >= 15 is 0 Å². The maximum absolute atomic E-state index is 12.7. The lowest BCUT2D eigenvalue weighted by Crippen LogP contribution is -2.67. The van der Waals surface area contributed by atoms with E-state index < -0.39 is 67.0 Å². The first-order valence-corrected chi connectivity index (χ1v) is 9.59. The average Bonchev–Trinajstić information content (AvgIpc) is 2.70. The van der Waals surface area contributed by atoms with Gasteiger partial charge in [0.15, 0.2) is 12.2 Å². The molecule has 12 heteroatoms. The molecule has 1 N–H and O–H groups in total. The minimum atomic E-state index is -1.45. The minimum Gasteiger partial charge on any atom is -0.463 e. The molecule has 12 nitrogen and oxygen atoms in total. The number of ether oxygens (including phenoxy) is 5.